The van der Waals surface area contributed by atoms with Crippen LogP contribution in [-0.2, 0) is 7.05 Å². The lowest BCUT2D eigenvalue weighted by molar-refractivity contribution is 0.0676. The Bertz CT molecular complexity index is 825. The van der Waals surface area contributed by atoms with Crippen LogP contribution in [0.1, 0.15) is 54.0 Å². The van der Waals surface area contributed by atoms with E-state index in [-0.39, 0.29) is 17.5 Å². The first-order chi connectivity index (χ1) is 11.5. The van der Waals surface area contributed by atoms with Gasteiger partial charge in [0.25, 0.3) is 5.91 Å². The number of halogens is 1. The number of amides is 1. The molecular formula is C16H19BrN4O3. The Morgan fingerprint density at radius 3 is 2.54 bits per heavy atom. The van der Waals surface area contributed by atoms with Gasteiger partial charge in [0.15, 0.2) is 10.4 Å². The fraction of sp³-hybridized carbons (Fsp3) is 0.562. The van der Waals surface area contributed by atoms with E-state index in [2.05, 4.69) is 21.0 Å². The first-order valence-corrected chi connectivity index (χ1v) is 9.04. The molecule has 4 rings (SSSR count). The highest BCUT2D eigenvalue weighted by Crippen LogP contribution is 2.37. The molecule has 2 aliphatic rings. The van der Waals surface area contributed by atoms with Crippen molar-refractivity contribution in [3.8, 4) is 0 Å². The molecule has 128 valence electrons. The van der Waals surface area contributed by atoms with Gasteiger partial charge in [-0.1, -0.05) is 0 Å². The van der Waals surface area contributed by atoms with Crippen molar-refractivity contribution in [1.29, 1.82) is 0 Å². The third-order valence-electron chi connectivity index (χ3n) is 4.83. The lowest BCUT2D eigenvalue weighted by Crippen LogP contribution is -2.38. The number of aromatic nitrogens is 3. The number of likely N-dealkylation sites (tertiary alicyclic amines) is 1. The monoisotopic (exact) mass is 394 g/mol. The SMILES string of the molecule is Cn1nc(C2CCN(C(=O)c3ccc(Br)o3)CC2)n(C2CC2)c1=O. The van der Waals surface area contributed by atoms with Gasteiger partial charge in [-0.2, -0.15) is 5.10 Å². The minimum Gasteiger partial charge on any atom is -0.444 e. The van der Waals surface area contributed by atoms with Crippen LogP contribution in [-0.4, -0.2) is 38.2 Å². The zero-order valence-electron chi connectivity index (χ0n) is 13.4. The van der Waals surface area contributed by atoms with E-state index >= 15 is 0 Å². The van der Waals surface area contributed by atoms with Crippen LogP contribution in [0.5, 0.6) is 0 Å². The van der Waals surface area contributed by atoms with Gasteiger partial charge in [0.1, 0.15) is 5.82 Å². The van der Waals surface area contributed by atoms with Gasteiger partial charge in [-0.15, -0.1) is 0 Å². The molecule has 1 aliphatic heterocycles. The molecule has 0 spiro atoms. The molecular weight excluding hydrogens is 376 g/mol. The molecule has 3 heterocycles. The summed E-state index contributed by atoms with van der Waals surface area (Å²) in [6, 6.07) is 3.73. The molecule has 2 aromatic rings. The molecule has 2 fully saturated rings. The van der Waals surface area contributed by atoms with Crippen LogP contribution in [0, 0.1) is 0 Å². The van der Waals surface area contributed by atoms with E-state index < -0.39 is 0 Å². The fourth-order valence-corrected chi connectivity index (χ4v) is 3.69. The van der Waals surface area contributed by atoms with Gasteiger partial charge in [-0.05, 0) is 53.7 Å². The van der Waals surface area contributed by atoms with Gasteiger partial charge >= 0.3 is 5.69 Å². The molecule has 24 heavy (non-hydrogen) atoms. The largest absolute Gasteiger partial charge is 0.444 e. The Hall–Kier alpha value is -1.83. The fourth-order valence-electron chi connectivity index (χ4n) is 3.38. The number of hydrogen-bond donors (Lipinski definition) is 0. The van der Waals surface area contributed by atoms with Crippen molar-refractivity contribution in [3.05, 3.63) is 38.9 Å². The maximum Gasteiger partial charge on any atom is 0.345 e. The van der Waals surface area contributed by atoms with E-state index in [0.29, 0.717) is 29.6 Å². The van der Waals surface area contributed by atoms with Gasteiger partial charge in [0.2, 0.25) is 0 Å². The second kappa shape index (κ2) is 5.91. The average Bonchev–Trinajstić information content (AvgIpc) is 3.26. The summed E-state index contributed by atoms with van der Waals surface area (Å²) in [5.74, 6) is 1.39. The van der Waals surface area contributed by atoms with Crippen LogP contribution in [0.25, 0.3) is 0 Å². The number of carbonyl (C=O) groups is 1. The summed E-state index contributed by atoms with van der Waals surface area (Å²) in [4.78, 5) is 26.5. The van der Waals surface area contributed by atoms with E-state index in [4.69, 9.17) is 4.42 Å². The molecule has 1 saturated carbocycles. The minimum atomic E-state index is -0.0836. The lowest BCUT2D eigenvalue weighted by Gasteiger charge is -2.31. The number of carbonyl (C=O) groups excluding carboxylic acids is 1. The van der Waals surface area contributed by atoms with Gasteiger partial charge in [0, 0.05) is 32.1 Å². The van der Waals surface area contributed by atoms with E-state index in [1.54, 1.807) is 19.2 Å². The number of nitrogens with zero attached hydrogens (tertiary/aromatic N) is 4. The molecule has 1 amide bonds. The number of rotatable bonds is 3. The van der Waals surface area contributed by atoms with E-state index in [0.717, 1.165) is 31.5 Å². The maximum atomic E-state index is 12.4. The number of aryl methyl sites for hydroxylation is 1. The summed E-state index contributed by atoms with van der Waals surface area (Å²) in [5.41, 5.74) is -0.0218. The Balaban J connectivity index is 1.48. The van der Waals surface area contributed by atoms with Crippen LogP contribution in [0.4, 0.5) is 0 Å². The first kappa shape index (κ1) is 15.7. The highest BCUT2D eigenvalue weighted by atomic mass is 79.9. The lowest BCUT2D eigenvalue weighted by atomic mass is 9.95. The molecule has 0 aromatic carbocycles. The number of hydrogen-bond acceptors (Lipinski definition) is 4. The summed E-state index contributed by atoms with van der Waals surface area (Å²) in [6.45, 7) is 1.30. The predicted octanol–water partition coefficient (Wildman–Crippen LogP) is 2.29. The molecule has 2 aromatic heterocycles. The van der Waals surface area contributed by atoms with Crippen LogP contribution < -0.4 is 5.69 Å². The predicted molar refractivity (Wildman–Crippen MR) is 90.0 cm³/mol. The zero-order valence-corrected chi connectivity index (χ0v) is 15.0. The summed E-state index contributed by atoms with van der Waals surface area (Å²) in [6.07, 6.45) is 3.75. The third-order valence-corrected chi connectivity index (χ3v) is 5.25. The maximum absolute atomic E-state index is 12.4. The molecule has 8 heteroatoms. The Morgan fingerprint density at radius 2 is 1.96 bits per heavy atom. The summed E-state index contributed by atoms with van der Waals surface area (Å²) in [5, 5.41) is 4.47. The van der Waals surface area contributed by atoms with Gasteiger partial charge in [-0.3, -0.25) is 9.36 Å². The van der Waals surface area contributed by atoms with Crippen LogP contribution in [0.2, 0.25) is 0 Å². The topological polar surface area (TPSA) is 73.3 Å². The minimum absolute atomic E-state index is 0.0218. The summed E-state index contributed by atoms with van der Waals surface area (Å²) >= 11 is 3.22. The van der Waals surface area contributed by atoms with Crippen molar-refractivity contribution < 1.29 is 9.21 Å². The molecule has 0 bridgehead atoms. The Labute approximate surface area is 147 Å². The van der Waals surface area contributed by atoms with E-state index in [1.807, 2.05) is 9.47 Å². The van der Waals surface area contributed by atoms with Crippen molar-refractivity contribution in [3.63, 3.8) is 0 Å². The van der Waals surface area contributed by atoms with Crippen molar-refractivity contribution >= 4 is 21.8 Å². The van der Waals surface area contributed by atoms with E-state index in [9.17, 15) is 9.59 Å². The Kier molecular flexibility index (Phi) is 3.86. The second-order valence-electron chi connectivity index (χ2n) is 6.54. The van der Waals surface area contributed by atoms with Gasteiger partial charge in [-0.25, -0.2) is 9.48 Å². The molecule has 1 saturated heterocycles. The van der Waals surface area contributed by atoms with Crippen molar-refractivity contribution in [1.82, 2.24) is 19.2 Å². The summed E-state index contributed by atoms with van der Waals surface area (Å²) < 4.78 is 9.21. The van der Waals surface area contributed by atoms with Crippen molar-refractivity contribution in [2.24, 2.45) is 7.05 Å². The molecule has 0 radical (unpaired) electrons. The van der Waals surface area contributed by atoms with Crippen molar-refractivity contribution in [2.75, 3.05) is 13.1 Å². The van der Waals surface area contributed by atoms with Crippen molar-refractivity contribution in [2.45, 2.75) is 37.6 Å². The molecule has 0 unspecified atom stereocenters. The normalized spacial score (nSPS) is 19.0. The first-order valence-electron chi connectivity index (χ1n) is 8.24. The standard InChI is InChI=1S/C16H19BrN4O3/c1-19-16(23)21(11-2-3-11)14(18-19)10-6-8-20(9-7-10)15(22)12-4-5-13(17)24-12/h4-5,10-11H,2-3,6-9H2,1H3. The smallest absolute Gasteiger partial charge is 0.345 e. The average molecular weight is 395 g/mol. The third kappa shape index (κ3) is 2.72. The molecule has 7 nitrogen and oxygen atoms in total. The molecule has 0 atom stereocenters. The number of piperidine rings is 1. The Morgan fingerprint density at radius 1 is 1.25 bits per heavy atom. The van der Waals surface area contributed by atoms with Gasteiger partial charge in [0.05, 0.1) is 0 Å². The quantitative estimate of drug-likeness (QED) is 0.800. The van der Waals surface area contributed by atoms with Crippen LogP contribution >= 0.6 is 15.9 Å². The highest BCUT2D eigenvalue weighted by molar-refractivity contribution is 9.10. The van der Waals surface area contributed by atoms with Crippen LogP contribution in [0.3, 0.4) is 0 Å². The van der Waals surface area contributed by atoms with Crippen LogP contribution in [0.15, 0.2) is 26.0 Å². The zero-order chi connectivity index (χ0) is 16.8. The van der Waals surface area contributed by atoms with Gasteiger partial charge < -0.3 is 9.32 Å². The van der Waals surface area contributed by atoms with E-state index in [1.165, 1.54) is 4.68 Å². The highest BCUT2D eigenvalue weighted by Gasteiger charge is 2.34. The molecule has 1 aliphatic carbocycles. The number of furan rings is 1. The molecule has 0 N–H and O–H groups in total. The second-order valence-corrected chi connectivity index (χ2v) is 7.32. The summed E-state index contributed by atoms with van der Waals surface area (Å²) in [7, 11) is 1.71.